The predicted octanol–water partition coefficient (Wildman–Crippen LogP) is 1.98. The van der Waals surface area contributed by atoms with Crippen LogP contribution in [-0.4, -0.2) is 26.5 Å². The van der Waals surface area contributed by atoms with Gasteiger partial charge in [-0.15, -0.1) is 0 Å². The molecule has 1 aromatic rings. The van der Waals surface area contributed by atoms with Crippen LogP contribution in [0.4, 0.5) is 0 Å². The second-order valence-corrected chi connectivity index (χ2v) is 6.41. The third-order valence-electron chi connectivity index (χ3n) is 2.84. The van der Waals surface area contributed by atoms with Crippen LogP contribution in [0, 0.1) is 0 Å². The van der Waals surface area contributed by atoms with Gasteiger partial charge in [-0.25, -0.2) is 13.1 Å². The molecule has 0 saturated heterocycles. The Bertz CT molecular complexity index is 454. The van der Waals surface area contributed by atoms with E-state index in [-0.39, 0.29) is 0 Å². The molecule has 6 heteroatoms. The van der Waals surface area contributed by atoms with Crippen molar-refractivity contribution >= 4 is 10.0 Å². The first kappa shape index (κ1) is 16.2. The van der Waals surface area contributed by atoms with Gasteiger partial charge in [-0.05, 0) is 25.5 Å². The molecule has 3 N–H and O–H groups in total. The zero-order valence-electron chi connectivity index (χ0n) is 11.8. The standard InChI is InChI=1S/C13H25N3O2S/c1-3-5-6-8-16-19(17,18)13-9-12(15-11-13)10-14-7-4-2/h9,11,14-16H,3-8,10H2,1-2H3. The Balaban J connectivity index is 2.49. The van der Waals surface area contributed by atoms with E-state index >= 15 is 0 Å². The van der Waals surface area contributed by atoms with Gasteiger partial charge < -0.3 is 10.3 Å². The minimum absolute atomic E-state index is 0.317. The summed E-state index contributed by atoms with van der Waals surface area (Å²) in [5.74, 6) is 0. The maximum Gasteiger partial charge on any atom is 0.242 e. The molecular formula is C13H25N3O2S. The Hall–Kier alpha value is -0.850. The quantitative estimate of drug-likeness (QED) is 0.576. The molecule has 0 aromatic carbocycles. The predicted molar refractivity (Wildman–Crippen MR) is 77.5 cm³/mol. The monoisotopic (exact) mass is 287 g/mol. The molecule has 0 aliphatic rings. The van der Waals surface area contributed by atoms with Crippen LogP contribution in [0.2, 0.25) is 0 Å². The van der Waals surface area contributed by atoms with Crippen LogP contribution in [0.15, 0.2) is 17.2 Å². The minimum atomic E-state index is -3.36. The average Bonchev–Trinajstić information content (AvgIpc) is 2.85. The topological polar surface area (TPSA) is 74.0 Å². The van der Waals surface area contributed by atoms with E-state index in [1.807, 2.05) is 0 Å². The van der Waals surface area contributed by atoms with Gasteiger partial charge in [0.2, 0.25) is 10.0 Å². The first-order chi connectivity index (χ1) is 9.10. The molecule has 110 valence electrons. The van der Waals surface area contributed by atoms with Crippen molar-refractivity contribution in [3.05, 3.63) is 18.0 Å². The Morgan fingerprint density at radius 3 is 2.63 bits per heavy atom. The normalized spacial score (nSPS) is 11.9. The lowest BCUT2D eigenvalue weighted by atomic mass is 10.3. The molecule has 1 aromatic heterocycles. The number of sulfonamides is 1. The summed E-state index contributed by atoms with van der Waals surface area (Å²) in [4.78, 5) is 3.31. The highest BCUT2D eigenvalue weighted by Gasteiger charge is 2.14. The van der Waals surface area contributed by atoms with Crippen molar-refractivity contribution in [3.8, 4) is 0 Å². The van der Waals surface area contributed by atoms with Crippen LogP contribution >= 0.6 is 0 Å². The van der Waals surface area contributed by atoms with Gasteiger partial charge in [-0.2, -0.15) is 0 Å². The summed E-state index contributed by atoms with van der Waals surface area (Å²) in [6.45, 7) is 6.29. The summed E-state index contributed by atoms with van der Waals surface area (Å²) in [7, 11) is -3.36. The molecule has 0 amide bonds. The van der Waals surface area contributed by atoms with E-state index in [0.29, 0.717) is 18.0 Å². The van der Waals surface area contributed by atoms with Crippen LogP contribution in [0.3, 0.4) is 0 Å². The molecule has 0 saturated carbocycles. The number of hydrogen-bond acceptors (Lipinski definition) is 3. The summed E-state index contributed by atoms with van der Waals surface area (Å²) in [6.07, 6.45) is 5.61. The second-order valence-electron chi connectivity index (χ2n) is 4.64. The molecule has 5 nitrogen and oxygen atoms in total. The molecule has 0 fully saturated rings. The van der Waals surface area contributed by atoms with Crippen LogP contribution in [-0.2, 0) is 16.6 Å². The fourth-order valence-corrected chi connectivity index (χ4v) is 2.83. The zero-order chi connectivity index (χ0) is 14.1. The van der Waals surface area contributed by atoms with Crippen LogP contribution in [0.5, 0.6) is 0 Å². The molecule has 0 aliphatic heterocycles. The van der Waals surface area contributed by atoms with Crippen molar-refractivity contribution in [2.24, 2.45) is 0 Å². The first-order valence-corrected chi connectivity index (χ1v) is 8.46. The smallest absolute Gasteiger partial charge is 0.242 e. The van der Waals surface area contributed by atoms with E-state index in [2.05, 4.69) is 28.9 Å². The van der Waals surface area contributed by atoms with Gasteiger partial charge in [0.25, 0.3) is 0 Å². The fraction of sp³-hybridized carbons (Fsp3) is 0.692. The van der Waals surface area contributed by atoms with Gasteiger partial charge in [0, 0.05) is 25.0 Å². The summed E-state index contributed by atoms with van der Waals surface area (Å²) in [6, 6.07) is 1.69. The third kappa shape index (κ3) is 5.76. The van der Waals surface area contributed by atoms with E-state index in [4.69, 9.17) is 0 Å². The van der Waals surface area contributed by atoms with E-state index in [0.717, 1.165) is 37.9 Å². The Labute approximate surface area is 116 Å². The van der Waals surface area contributed by atoms with Crippen molar-refractivity contribution in [2.45, 2.75) is 51.0 Å². The lowest BCUT2D eigenvalue weighted by Crippen LogP contribution is -2.24. The summed E-state index contributed by atoms with van der Waals surface area (Å²) in [5, 5.41) is 3.23. The molecule has 0 atom stereocenters. The van der Waals surface area contributed by atoms with E-state index in [9.17, 15) is 8.42 Å². The third-order valence-corrected chi connectivity index (χ3v) is 4.28. The highest BCUT2D eigenvalue weighted by Crippen LogP contribution is 2.10. The average molecular weight is 287 g/mol. The summed E-state index contributed by atoms with van der Waals surface area (Å²) < 4.78 is 26.6. The fourth-order valence-electron chi connectivity index (χ4n) is 1.74. The molecule has 0 spiro atoms. The molecule has 1 rings (SSSR count). The van der Waals surface area contributed by atoms with Gasteiger partial charge in [-0.1, -0.05) is 26.7 Å². The molecular weight excluding hydrogens is 262 g/mol. The number of aromatic amines is 1. The number of nitrogens with one attached hydrogen (secondary N) is 3. The first-order valence-electron chi connectivity index (χ1n) is 6.97. The van der Waals surface area contributed by atoms with Crippen molar-refractivity contribution < 1.29 is 8.42 Å². The van der Waals surface area contributed by atoms with Crippen LogP contribution in [0.1, 0.15) is 45.2 Å². The van der Waals surface area contributed by atoms with Gasteiger partial charge in [0.1, 0.15) is 0 Å². The van der Waals surface area contributed by atoms with Crippen molar-refractivity contribution in [3.63, 3.8) is 0 Å². The van der Waals surface area contributed by atoms with Crippen LogP contribution in [0.25, 0.3) is 0 Å². The second kappa shape index (κ2) is 8.35. The maximum atomic E-state index is 12.0. The SMILES string of the molecule is CCCCCNS(=O)(=O)c1c[nH]c(CNCCC)c1. The van der Waals surface area contributed by atoms with Gasteiger partial charge >= 0.3 is 0 Å². The van der Waals surface area contributed by atoms with Crippen LogP contribution < -0.4 is 10.0 Å². The number of unbranched alkanes of at least 4 members (excludes halogenated alkanes) is 2. The summed E-state index contributed by atoms with van der Waals surface area (Å²) in [5.41, 5.74) is 0.891. The van der Waals surface area contributed by atoms with Gasteiger partial charge in [-0.3, -0.25) is 0 Å². The maximum absolute atomic E-state index is 12.0. The molecule has 1 heterocycles. The van der Waals surface area contributed by atoms with E-state index in [1.165, 1.54) is 0 Å². The lowest BCUT2D eigenvalue weighted by molar-refractivity contribution is 0.576. The highest BCUT2D eigenvalue weighted by molar-refractivity contribution is 7.89. The largest absolute Gasteiger partial charge is 0.363 e. The van der Waals surface area contributed by atoms with E-state index < -0.39 is 10.0 Å². The van der Waals surface area contributed by atoms with E-state index in [1.54, 1.807) is 12.3 Å². The molecule has 0 unspecified atom stereocenters. The Morgan fingerprint density at radius 1 is 1.16 bits per heavy atom. The number of H-pyrrole nitrogens is 1. The molecule has 0 bridgehead atoms. The zero-order valence-corrected chi connectivity index (χ0v) is 12.6. The Morgan fingerprint density at radius 2 is 1.95 bits per heavy atom. The molecule has 0 radical (unpaired) electrons. The van der Waals surface area contributed by atoms with Crippen molar-refractivity contribution in [1.29, 1.82) is 0 Å². The molecule has 0 aliphatic carbocycles. The molecule has 19 heavy (non-hydrogen) atoms. The number of hydrogen-bond donors (Lipinski definition) is 3. The van der Waals surface area contributed by atoms with Gasteiger partial charge in [0.05, 0.1) is 4.90 Å². The Kier molecular flexibility index (Phi) is 7.12. The van der Waals surface area contributed by atoms with Crippen molar-refractivity contribution in [2.75, 3.05) is 13.1 Å². The van der Waals surface area contributed by atoms with Gasteiger partial charge in [0.15, 0.2) is 0 Å². The highest BCUT2D eigenvalue weighted by atomic mass is 32.2. The van der Waals surface area contributed by atoms with Crippen molar-refractivity contribution in [1.82, 2.24) is 15.0 Å². The minimum Gasteiger partial charge on any atom is -0.363 e. The lowest BCUT2D eigenvalue weighted by Gasteiger charge is -2.03. The summed E-state index contributed by atoms with van der Waals surface area (Å²) >= 11 is 0. The number of rotatable bonds is 10. The number of aromatic nitrogens is 1.